The minimum atomic E-state index is -0.515. The van der Waals surface area contributed by atoms with Gasteiger partial charge in [-0.2, -0.15) is 0 Å². The second-order valence-electron chi connectivity index (χ2n) is 8.31. The van der Waals surface area contributed by atoms with E-state index in [-0.39, 0.29) is 24.8 Å². The van der Waals surface area contributed by atoms with Gasteiger partial charge in [0.25, 0.3) is 0 Å². The molecule has 1 N–H and O–H groups in total. The van der Waals surface area contributed by atoms with Crippen LogP contribution < -0.4 is 15.1 Å². The summed E-state index contributed by atoms with van der Waals surface area (Å²) in [6, 6.07) is 9.50. The summed E-state index contributed by atoms with van der Waals surface area (Å²) in [6.45, 7) is 3.58. The number of morpholine rings is 1. The average molecular weight is 443 g/mol. The molecule has 2 aliphatic rings. The van der Waals surface area contributed by atoms with E-state index in [4.69, 9.17) is 4.74 Å². The van der Waals surface area contributed by atoms with Gasteiger partial charge < -0.3 is 19.9 Å². The lowest BCUT2D eigenvalue weighted by molar-refractivity contribution is -0.150. The molecule has 32 heavy (non-hydrogen) atoms. The number of rotatable bonds is 5. The van der Waals surface area contributed by atoms with Crippen molar-refractivity contribution in [2.75, 3.05) is 42.5 Å². The zero-order chi connectivity index (χ0) is 22.7. The number of halogens is 2. The van der Waals surface area contributed by atoms with Crippen molar-refractivity contribution in [3.63, 3.8) is 0 Å². The maximum atomic E-state index is 15.0. The van der Waals surface area contributed by atoms with Crippen LogP contribution in [0.25, 0.3) is 11.1 Å². The predicted octanol–water partition coefficient (Wildman–Crippen LogP) is 3.49. The molecule has 0 radical (unpaired) electrons. The minimum Gasteiger partial charge on any atom is -0.457 e. The average Bonchev–Trinajstić information content (AvgIpc) is 2.78. The third-order valence-corrected chi connectivity index (χ3v) is 5.89. The molecule has 1 amide bonds. The van der Waals surface area contributed by atoms with Crippen molar-refractivity contribution in [3.8, 4) is 11.1 Å². The second kappa shape index (κ2) is 9.54. The van der Waals surface area contributed by atoms with E-state index >= 15 is 0 Å². The summed E-state index contributed by atoms with van der Waals surface area (Å²) in [4.78, 5) is 26.8. The topological polar surface area (TPSA) is 61.9 Å². The van der Waals surface area contributed by atoms with E-state index < -0.39 is 17.9 Å². The van der Waals surface area contributed by atoms with Gasteiger partial charge in [0.15, 0.2) is 0 Å². The molecule has 2 aliphatic heterocycles. The number of nitrogens with zero attached hydrogens (tertiary/aromatic N) is 2. The van der Waals surface area contributed by atoms with E-state index in [1.807, 2.05) is 4.90 Å². The summed E-state index contributed by atoms with van der Waals surface area (Å²) in [5.74, 6) is -1.50. The molecule has 2 fully saturated rings. The second-order valence-corrected chi connectivity index (χ2v) is 8.31. The summed E-state index contributed by atoms with van der Waals surface area (Å²) < 4.78 is 35.0. The van der Waals surface area contributed by atoms with E-state index in [0.29, 0.717) is 29.0 Å². The first-order valence-electron chi connectivity index (χ1n) is 10.9. The fourth-order valence-electron chi connectivity index (χ4n) is 4.29. The van der Waals surface area contributed by atoms with Gasteiger partial charge in [0.2, 0.25) is 5.91 Å². The van der Waals surface area contributed by atoms with E-state index in [9.17, 15) is 18.4 Å². The quantitative estimate of drug-likeness (QED) is 0.717. The van der Waals surface area contributed by atoms with Crippen LogP contribution in [0.5, 0.6) is 0 Å². The van der Waals surface area contributed by atoms with Gasteiger partial charge in [-0.1, -0.05) is 6.07 Å². The number of hydrogen-bond donors (Lipinski definition) is 1. The molecule has 1 atom stereocenters. The van der Waals surface area contributed by atoms with Gasteiger partial charge in [-0.05, 0) is 55.2 Å². The van der Waals surface area contributed by atoms with Crippen LogP contribution in [-0.4, -0.2) is 50.7 Å². The van der Waals surface area contributed by atoms with E-state index in [1.165, 1.54) is 19.1 Å². The monoisotopic (exact) mass is 443 g/mol. The maximum absolute atomic E-state index is 15.0. The molecule has 0 spiro atoms. The highest BCUT2D eigenvalue weighted by atomic mass is 19.1. The number of ether oxygens (including phenoxy) is 1. The summed E-state index contributed by atoms with van der Waals surface area (Å²) in [7, 11) is 0. The molecule has 170 valence electrons. The number of nitrogens with one attached hydrogen (secondary N) is 1. The van der Waals surface area contributed by atoms with Crippen LogP contribution in [0.3, 0.4) is 0 Å². The van der Waals surface area contributed by atoms with Crippen LogP contribution in [-0.2, 0) is 14.3 Å². The van der Waals surface area contributed by atoms with Crippen LogP contribution in [0.2, 0.25) is 0 Å². The van der Waals surface area contributed by atoms with Crippen molar-refractivity contribution in [2.45, 2.75) is 32.3 Å². The van der Waals surface area contributed by atoms with Crippen LogP contribution in [0.15, 0.2) is 36.4 Å². The first kappa shape index (κ1) is 22.0. The molecule has 2 aromatic carbocycles. The molecule has 6 nitrogen and oxygen atoms in total. The molecule has 2 aromatic rings. The van der Waals surface area contributed by atoms with Gasteiger partial charge >= 0.3 is 5.97 Å². The number of piperidine rings is 1. The first-order valence-corrected chi connectivity index (χ1v) is 10.9. The van der Waals surface area contributed by atoms with Crippen LogP contribution in [0, 0.1) is 11.6 Å². The minimum absolute atomic E-state index is 0.00544. The normalized spacial score (nSPS) is 19.0. The van der Waals surface area contributed by atoms with Crippen molar-refractivity contribution in [3.05, 3.63) is 48.0 Å². The fraction of sp³-hybridized carbons (Fsp3) is 0.417. The van der Waals surface area contributed by atoms with Crippen molar-refractivity contribution < 1.29 is 23.1 Å². The Balaban J connectivity index is 1.51. The smallest absolute Gasteiger partial charge is 0.325 e. The lowest BCUT2D eigenvalue weighted by atomic mass is 10.0. The summed E-state index contributed by atoms with van der Waals surface area (Å²) in [5, 5.41) is 2.63. The number of carbonyl (C=O) groups is 2. The third kappa shape index (κ3) is 5.00. The Labute approximate surface area is 186 Å². The largest absolute Gasteiger partial charge is 0.457 e. The Kier molecular flexibility index (Phi) is 6.58. The number of carbonyl (C=O) groups excluding carboxylic acids is 2. The Morgan fingerprint density at radius 2 is 1.84 bits per heavy atom. The number of hydrogen-bond acceptors (Lipinski definition) is 5. The Hall–Kier alpha value is -3.16. The van der Waals surface area contributed by atoms with Gasteiger partial charge in [0.1, 0.15) is 24.3 Å². The van der Waals surface area contributed by atoms with E-state index in [1.54, 1.807) is 29.2 Å². The number of cyclic esters (lactones) is 1. The lowest BCUT2D eigenvalue weighted by Gasteiger charge is -2.33. The van der Waals surface area contributed by atoms with E-state index in [2.05, 4.69) is 5.32 Å². The summed E-state index contributed by atoms with van der Waals surface area (Å²) in [6.07, 6.45) is 2.75. The van der Waals surface area contributed by atoms with Gasteiger partial charge in [-0.3, -0.25) is 9.59 Å². The maximum Gasteiger partial charge on any atom is 0.325 e. The Morgan fingerprint density at radius 3 is 2.53 bits per heavy atom. The van der Waals surface area contributed by atoms with Gasteiger partial charge in [-0.25, -0.2) is 8.78 Å². The molecule has 2 saturated heterocycles. The van der Waals surface area contributed by atoms with Crippen LogP contribution in [0.4, 0.5) is 20.2 Å². The van der Waals surface area contributed by atoms with Crippen molar-refractivity contribution in [1.29, 1.82) is 0 Å². The molecule has 0 aromatic heterocycles. The highest BCUT2D eigenvalue weighted by Crippen LogP contribution is 2.32. The Bertz CT molecular complexity index is 1010. The zero-order valence-electron chi connectivity index (χ0n) is 18.1. The molecule has 4 rings (SSSR count). The number of anilines is 2. The van der Waals surface area contributed by atoms with Crippen molar-refractivity contribution in [1.82, 2.24) is 5.32 Å². The predicted molar refractivity (Wildman–Crippen MR) is 119 cm³/mol. The van der Waals surface area contributed by atoms with Gasteiger partial charge in [0, 0.05) is 31.3 Å². The molecule has 0 bridgehead atoms. The first-order chi connectivity index (χ1) is 15.4. The highest BCUT2D eigenvalue weighted by molar-refractivity contribution is 5.78. The molecular weight excluding hydrogens is 416 g/mol. The molecule has 8 heteroatoms. The SMILES string of the molecule is CC(=O)NCC1CN(c2ccc(-c3ccc(N4CCCCC4)c(F)c3)c(F)c2)CC(=O)O1. The summed E-state index contributed by atoms with van der Waals surface area (Å²) in [5.41, 5.74) is 1.85. The zero-order valence-corrected chi connectivity index (χ0v) is 18.1. The third-order valence-electron chi connectivity index (χ3n) is 5.89. The van der Waals surface area contributed by atoms with Crippen molar-refractivity contribution >= 4 is 23.3 Å². The molecular formula is C24H27F2N3O3. The molecule has 1 unspecified atom stereocenters. The standard InChI is InChI=1S/C24H27F2N3O3/c1-16(30)27-13-19-14-29(15-24(31)32-19)18-6-7-20(21(25)12-18)17-5-8-23(22(26)11-17)28-9-3-2-4-10-28/h5-8,11-12,19H,2-4,9-10,13-15H2,1H3,(H,27,30). The van der Waals surface area contributed by atoms with E-state index in [0.717, 1.165) is 32.4 Å². The summed E-state index contributed by atoms with van der Waals surface area (Å²) >= 11 is 0. The number of amides is 1. The molecule has 0 aliphatic carbocycles. The van der Waals surface area contributed by atoms with Gasteiger partial charge in [0.05, 0.1) is 18.8 Å². The molecule has 0 saturated carbocycles. The van der Waals surface area contributed by atoms with Crippen molar-refractivity contribution in [2.24, 2.45) is 0 Å². The highest BCUT2D eigenvalue weighted by Gasteiger charge is 2.27. The Morgan fingerprint density at radius 1 is 1.06 bits per heavy atom. The molecule has 2 heterocycles. The fourth-order valence-corrected chi connectivity index (χ4v) is 4.29. The lowest BCUT2D eigenvalue weighted by Crippen LogP contribution is -2.49. The van der Waals surface area contributed by atoms with Crippen LogP contribution >= 0.6 is 0 Å². The number of benzene rings is 2. The van der Waals surface area contributed by atoms with Gasteiger partial charge in [-0.15, -0.1) is 0 Å². The number of esters is 1. The van der Waals surface area contributed by atoms with Crippen LogP contribution in [0.1, 0.15) is 26.2 Å².